The van der Waals surface area contributed by atoms with Crippen LogP contribution in [0.3, 0.4) is 0 Å². The third kappa shape index (κ3) is 3.87. The van der Waals surface area contributed by atoms with Gasteiger partial charge >= 0.3 is 0 Å². The number of nitrogens with zero attached hydrogens (tertiary/aromatic N) is 2. The number of halogens is 1. The van der Waals surface area contributed by atoms with E-state index in [1.807, 2.05) is 54.6 Å². The molecule has 0 unspecified atom stereocenters. The number of aromatic nitrogens is 2. The van der Waals surface area contributed by atoms with Gasteiger partial charge in [-0.1, -0.05) is 78.5 Å². The first-order valence-corrected chi connectivity index (χ1v) is 9.69. The number of fused-ring (bicyclic) bond motifs is 1. The van der Waals surface area contributed by atoms with Gasteiger partial charge in [0.05, 0.1) is 11.4 Å². The van der Waals surface area contributed by atoms with Crippen molar-refractivity contribution in [1.82, 2.24) is 10.2 Å². The topological polar surface area (TPSA) is 54.9 Å². The van der Waals surface area contributed by atoms with Crippen LogP contribution in [0.15, 0.2) is 83.9 Å². The van der Waals surface area contributed by atoms with Gasteiger partial charge in [-0.25, -0.2) is 4.39 Å². The molecule has 0 aliphatic carbocycles. The van der Waals surface area contributed by atoms with Crippen LogP contribution in [0.4, 0.5) is 10.1 Å². The highest BCUT2D eigenvalue weighted by Crippen LogP contribution is 2.31. The summed E-state index contributed by atoms with van der Waals surface area (Å²) in [4.78, 5) is 12.2. The second-order valence-corrected chi connectivity index (χ2v) is 7.05. The number of carbonyl (C=O) groups is 1. The van der Waals surface area contributed by atoms with Crippen molar-refractivity contribution >= 4 is 34.1 Å². The van der Waals surface area contributed by atoms with Crippen LogP contribution in [0.25, 0.3) is 22.0 Å². The summed E-state index contributed by atoms with van der Waals surface area (Å²) in [5.74, 6) is -0.649. The van der Waals surface area contributed by atoms with Crippen molar-refractivity contribution in [3.63, 3.8) is 0 Å². The van der Waals surface area contributed by atoms with Crippen molar-refractivity contribution in [2.24, 2.45) is 0 Å². The molecule has 0 saturated carbocycles. The molecule has 6 heteroatoms. The van der Waals surface area contributed by atoms with E-state index >= 15 is 0 Å². The lowest BCUT2D eigenvalue weighted by atomic mass is 10.1. The summed E-state index contributed by atoms with van der Waals surface area (Å²) in [6, 6.07) is 23.8. The maximum atomic E-state index is 13.7. The fraction of sp³-hybridized carbons (Fsp3) is 0.0455. The second kappa shape index (κ2) is 8.19. The number of amides is 1. The Morgan fingerprint density at radius 1 is 0.857 bits per heavy atom. The van der Waals surface area contributed by atoms with Gasteiger partial charge in [-0.3, -0.25) is 4.79 Å². The summed E-state index contributed by atoms with van der Waals surface area (Å²) in [6.07, 6.45) is 0. The van der Waals surface area contributed by atoms with Gasteiger partial charge in [-0.2, -0.15) is 0 Å². The molecule has 0 bridgehead atoms. The van der Waals surface area contributed by atoms with Gasteiger partial charge in [0.2, 0.25) is 5.91 Å². The van der Waals surface area contributed by atoms with Crippen molar-refractivity contribution < 1.29 is 9.18 Å². The molecule has 0 fully saturated rings. The zero-order valence-electron chi connectivity index (χ0n) is 14.8. The molecule has 4 aromatic rings. The van der Waals surface area contributed by atoms with Gasteiger partial charge in [0.25, 0.3) is 0 Å². The lowest BCUT2D eigenvalue weighted by Gasteiger charge is -2.09. The minimum atomic E-state index is -0.460. The van der Waals surface area contributed by atoms with Crippen molar-refractivity contribution in [1.29, 1.82) is 0 Å². The number of thioether (sulfide) groups is 1. The zero-order chi connectivity index (χ0) is 19.3. The Bertz CT molecular complexity index is 1130. The van der Waals surface area contributed by atoms with E-state index < -0.39 is 5.82 Å². The number of carbonyl (C=O) groups excluding carboxylic acids is 1. The zero-order valence-corrected chi connectivity index (χ0v) is 15.6. The maximum absolute atomic E-state index is 13.7. The number of hydrogen-bond donors (Lipinski definition) is 1. The Morgan fingerprint density at radius 2 is 1.54 bits per heavy atom. The van der Waals surface area contributed by atoms with Gasteiger partial charge in [0, 0.05) is 16.3 Å². The lowest BCUT2D eigenvalue weighted by molar-refractivity contribution is -0.113. The lowest BCUT2D eigenvalue weighted by Crippen LogP contribution is -2.15. The monoisotopic (exact) mass is 389 g/mol. The number of benzene rings is 3. The quantitative estimate of drug-likeness (QED) is 0.479. The van der Waals surface area contributed by atoms with Crippen LogP contribution in [-0.2, 0) is 4.79 Å². The highest BCUT2D eigenvalue weighted by molar-refractivity contribution is 8.00. The molecule has 4 rings (SSSR count). The van der Waals surface area contributed by atoms with Gasteiger partial charge in [-0.15, -0.1) is 10.2 Å². The summed E-state index contributed by atoms with van der Waals surface area (Å²) in [5, 5.41) is 13.9. The van der Waals surface area contributed by atoms with E-state index in [4.69, 9.17) is 0 Å². The number of nitrogens with one attached hydrogen (secondary N) is 1. The van der Waals surface area contributed by atoms with Gasteiger partial charge in [0.15, 0.2) is 0 Å². The van der Waals surface area contributed by atoms with Crippen molar-refractivity contribution in [3.8, 4) is 11.3 Å². The van der Waals surface area contributed by atoms with Crippen LogP contribution in [0.1, 0.15) is 0 Å². The first-order chi connectivity index (χ1) is 13.7. The number of hydrogen-bond acceptors (Lipinski definition) is 4. The molecule has 1 amide bonds. The predicted molar refractivity (Wildman–Crippen MR) is 111 cm³/mol. The fourth-order valence-electron chi connectivity index (χ4n) is 2.88. The number of anilines is 1. The normalized spacial score (nSPS) is 10.8. The Hall–Kier alpha value is -3.25. The molecule has 28 heavy (non-hydrogen) atoms. The van der Waals surface area contributed by atoms with E-state index in [0.717, 1.165) is 22.0 Å². The molecule has 3 aromatic carbocycles. The van der Waals surface area contributed by atoms with Crippen LogP contribution < -0.4 is 5.32 Å². The van der Waals surface area contributed by atoms with Gasteiger partial charge in [0.1, 0.15) is 16.5 Å². The molecule has 0 aliphatic heterocycles. The molecule has 1 N–H and O–H groups in total. The van der Waals surface area contributed by atoms with E-state index in [0.29, 0.717) is 5.03 Å². The first-order valence-electron chi connectivity index (χ1n) is 8.70. The third-order valence-corrected chi connectivity index (χ3v) is 5.17. The molecule has 0 spiro atoms. The van der Waals surface area contributed by atoms with Crippen molar-refractivity contribution in [2.45, 2.75) is 5.03 Å². The van der Waals surface area contributed by atoms with Crippen LogP contribution in [0, 0.1) is 5.82 Å². The van der Waals surface area contributed by atoms with Crippen LogP contribution in [0.5, 0.6) is 0 Å². The van der Waals surface area contributed by atoms with Crippen molar-refractivity contribution in [2.75, 3.05) is 11.1 Å². The molecule has 0 saturated heterocycles. The highest BCUT2D eigenvalue weighted by atomic mass is 32.2. The van der Waals surface area contributed by atoms with Crippen LogP contribution >= 0.6 is 11.8 Å². The summed E-state index contributed by atoms with van der Waals surface area (Å²) < 4.78 is 13.7. The Morgan fingerprint density at radius 3 is 2.32 bits per heavy atom. The molecular formula is C22H16FN3OS. The van der Waals surface area contributed by atoms with E-state index in [2.05, 4.69) is 15.5 Å². The maximum Gasteiger partial charge on any atom is 0.234 e. The summed E-state index contributed by atoms with van der Waals surface area (Å²) in [5.41, 5.74) is 1.96. The minimum Gasteiger partial charge on any atom is -0.323 e. The Balaban J connectivity index is 1.57. The van der Waals surface area contributed by atoms with Crippen molar-refractivity contribution in [3.05, 3.63) is 84.7 Å². The standard InChI is InChI=1S/C22H16FN3OS/c23-18-12-6-7-13-19(18)24-20(27)14-28-22-17-11-5-4-10-16(17)21(25-26-22)15-8-2-1-3-9-15/h1-13H,14H2,(H,24,27). The van der Waals surface area contributed by atoms with E-state index in [1.54, 1.807) is 12.1 Å². The van der Waals surface area contributed by atoms with Gasteiger partial charge in [-0.05, 0) is 12.1 Å². The molecule has 0 aliphatic rings. The first kappa shape index (κ1) is 18.1. The Kier molecular flexibility index (Phi) is 5.30. The van der Waals surface area contributed by atoms with Crippen LogP contribution in [-0.4, -0.2) is 21.9 Å². The minimum absolute atomic E-state index is 0.109. The smallest absolute Gasteiger partial charge is 0.234 e. The second-order valence-electron chi connectivity index (χ2n) is 6.08. The molecule has 0 radical (unpaired) electrons. The number of para-hydroxylation sites is 1. The molecular weight excluding hydrogens is 373 g/mol. The van der Waals surface area contributed by atoms with E-state index in [-0.39, 0.29) is 17.3 Å². The van der Waals surface area contributed by atoms with Crippen LogP contribution in [0.2, 0.25) is 0 Å². The fourth-order valence-corrected chi connectivity index (χ4v) is 3.65. The molecule has 138 valence electrons. The average Bonchev–Trinajstić information content (AvgIpc) is 2.74. The van der Waals surface area contributed by atoms with Gasteiger partial charge < -0.3 is 5.32 Å². The molecule has 0 atom stereocenters. The summed E-state index contributed by atoms with van der Waals surface area (Å²) in [6.45, 7) is 0. The summed E-state index contributed by atoms with van der Waals surface area (Å²) in [7, 11) is 0. The SMILES string of the molecule is O=C(CSc1nnc(-c2ccccc2)c2ccccc12)Nc1ccccc1F. The summed E-state index contributed by atoms with van der Waals surface area (Å²) >= 11 is 1.28. The molecule has 1 heterocycles. The van der Waals surface area contributed by atoms with E-state index in [9.17, 15) is 9.18 Å². The highest BCUT2D eigenvalue weighted by Gasteiger charge is 2.13. The largest absolute Gasteiger partial charge is 0.323 e. The third-order valence-electron chi connectivity index (χ3n) is 4.19. The molecule has 4 nitrogen and oxygen atoms in total. The molecule has 1 aromatic heterocycles. The average molecular weight is 389 g/mol. The Labute approximate surface area is 165 Å². The number of rotatable bonds is 5. The predicted octanol–water partition coefficient (Wildman–Crippen LogP) is 5.17. The van der Waals surface area contributed by atoms with E-state index in [1.165, 1.54) is 23.9 Å².